The fourth-order valence-corrected chi connectivity index (χ4v) is 1.39. The van der Waals surface area contributed by atoms with Gasteiger partial charge in [-0.1, -0.05) is 5.57 Å². The molecule has 4 nitrogen and oxygen atoms in total. The SMILES string of the molecule is C=C(C)C[C@@H](NC(=O)c1ccc(F)cc1)C(=O)O. The van der Waals surface area contributed by atoms with E-state index in [2.05, 4.69) is 11.9 Å². The average Bonchev–Trinajstić information content (AvgIpc) is 2.28. The topological polar surface area (TPSA) is 66.4 Å². The Hall–Kier alpha value is -2.17. The third-order valence-electron chi connectivity index (χ3n) is 2.26. The predicted octanol–water partition coefficient (Wildman–Crippen LogP) is 1.97. The van der Waals surface area contributed by atoms with Gasteiger partial charge in [0.05, 0.1) is 0 Å². The summed E-state index contributed by atoms with van der Waals surface area (Å²) >= 11 is 0. The lowest BCUT2D eigenvalue weighted by atomic mass is 10.1. The highest BCUT2D eigenvalue weighted by Crippen LogP contribution is 2.06. The number of benzene rings is 1. The van der Waals surface area contributed by atoms with Crippen LogP contribution in [0.5, 0.6) is 0 Å². The number of amides is 1. The summed E-state index contributed by atoms with van der Waals surface area (Å²) in [4.78, 5) is 22.7. The van der Waals surface area contributed by atoms with Crippen LogP contribution in [0.3, 0.4) is 0 Å². The Kier molecular flexibility index (Phi) is 4.59. The first-order valence-corrected chi connectivity index (χ1v) is 5.33. The third-order valence-corrected chi connectivity index (χ3v) is 2.26. The lowest BCUT2D eigenvalue weighted by Crippen LogP contribution is -2.40. The molecule has 0 radical (unpaired) electrons. The highest BCUT2D eigenvalue weighted by Gasteiger charge is 2.20. The zero-order valence-corrected chi connectivity index (χ0v) is 9.94. The number of hydrogen-bond acceptors (Lipinski definition) is 2. The Bertz CT molecular complexity index is 468. The first-order valence-electron chi connectivity index (χ1n) is 5.33. The smallest absolute Gasteiger partial charge is 0.326 e. The van der Waals surface area contributed by atoms with Crippen molar-refractivity contribution in [1.82, 2.24) is 5.32 Å². The van der Waals surface area contributed by atoms with E-state index in [9.17, 15) is 14.0 Å². The van der Waals surface area contributed by atoms with Gasteiger partial charge in [-0.25, -0.2) is 9.18 Å². The van der Waals surface area contributed by atoms with Crippen molar-refractivity contribution >= 4 is 11.9 Å². The van der Waals surface area contributed by atoms with Crippen LogP contribution < -0.4 is 5.32 Å². The van der Waals surface area contributed by atoms with Gasteiger partial charge in [-0.3, -0.25) is 4.79 Å². The van der Waals surface area contributed by atoms with Gasteiger partial charge < -0.3 is 10.4 Å². The van der Waals surface area contributed by atoms with Gasteiger partial charge in [0.15, 0.2) is 0 Å². The maximum Gasteiger partial charge on any atom is 0.326 e. The number of hydrogen-bond donors (Lipinski definition) is 2. The molecule has 1 aromatic rings. The van der Waals surface area contributed by atoms with Crippen LogP contribution in [0.15, 0.2) is 36.4 Å². The molecule has 0 saturated heterocycles. The molecule has 0 aliphatic rings. The number of carbonyl (C=O) groups excluding carboxylic acids is 1. The largest absolute Gasteiger partial charge is 0.480 e. The van der Waals surface area contributed by atoms with E-state index in [1.165, 1.54) is 12.1 Å². The molecule has 18 heavy (non-hydrogen) atoms. The molecule has 1 atom stereocenters. The second-order valence-corrected chi connectivity index (χ2v) is 4.03. The minimum Gasteiger partial charge on any atom is -0.480 e. The van der Waals surface area contributed by atoms with E-state index in [0.29, 0.717) is 5.57 Å². The van der Waals surface area contributed by atoms with Gasteiger partial charge in [0.2, 0.25) is 0 Å². The summed E-state index contributed by atoms with van der Waals surface area (Å²) in [5.74, 6) is -2.14. The highest BCUT2D eigenvalue weighted by atomic mass is 19.1. The lowest BCUT2D eigenvalue weighted by Gasteiger charge is -2.14. The van der Waals surface area contributed by atoms with E-state index in [4.69, 9.17) is 5.11 Å². The van der Waals surface area contributed by atoms with Gasteiger partial charge >= 0.3 is 5.97 Å². The molecular weight excluding hydrogens is 237 g/mol. The van der Waals surface area contributed by atoms with E-state index < -0.39 is 23.7 Å². The van der Waals surface area contributed by atoms with Crippen molar-refractivity contribution in [2.24, 2.45) is 0 Å². The standard InChI is InChI=1S/C13H14FNO3/c1-8(2)7-11(13(17)18)15-12(16)9-3-5-10(14)6-4-9/h3-6,11H,1,7H2,2H3,(H,15,16)(H,17,18)/t11-/m1/s1. The van der Waals surface area contributed by atoms with Crippen molar-refractivity contribution < 1.29 is 19.1 Å². The van der Waals surface area contributed by atoms with Gasteiger partial charge in [0, 0.05) is 5.56 Å². The van der Waals surface area contributed by atoms with Crippen LogP contribution in [-0.2, 0) is 4.79 Å². The van der Waals surface area contributed by atoms with E-state index in [1.54, 1.807) is 6.92 Å². The number of carboxylic acid groups (broad SMARTS) is 1. The van der Waals surface area contributed by atoms with Gasteiger partial charge in [-0.15, -0.1) is 6.58 Å². The summed E-state index contributed by atoms with van der Waals surface area (Å²) in [5.41, 5.74) is 0.867. The molecule has 5 heteroatoms. The summed E-state index contributed by atoms with van der Waals surface area (Å²) in [6.07, 6.45) is 0.155. The van der Waals surface area contributed by atoms with Gasteiger partial charge in [0.25, 0.3) is 5.91 Å². The number of rotatable bonds is 5. The van der Waals surface area contributed by atoms with E-state index in [0.717, 1.165) is 12.1 Å². The molecule has 1 rings (SSSR count). The monoisotopic (exact) mass is 251 g/mol. The molecule has 0 aliphatic heterocycles. The van der Waals surface area contributed by atoms with Crippen LogP contribution in [0.4, 0.5) is 4.39 Å². The van der Waals surface area contributed by atoms with Crippen LogP contribution >= 0.6 is 0 Å². The molecule has 2 N–H and O–H groups in total. The fourth-order valence-electron chi connectivity index (χ4n) is 1.39. The second-order valence-electron chi connectivity index (χ2n) is 4.03. The molecule has 0 unspecified atom stereocenters. The van der Waals surface area contributed by atoms with Crippen molar-refractivity contribution in [3.8, 4) is 0 Å². The van der Waals surface area contributed by atoms with Crippen molar-refractivity contribution in [1.29, 1.82) is 0 Å². The average molecular weight is 251 g/mol. The Morgan fingerprint density at radius 1 is 1.39 bits per heavy atom. The van der Waals surface area contributed by atoms with Crippen molar-refractivity contribution in [3.05, 3.63) is 47.8 Å². The highest BCUT2D eigenvalue weighted by molar-refractivity contribution is 5.96. The summed E-state index contributed by atoms with van der Waals surface area (Å²) in [6.45, 7) is 5.29. The molecule has 96 valence electrons. The third kappa shape index (κ3) is 4.01. The number of halogens is 1. The summed E-state index contributed by atoms with van der Waals surface area (Å²) in [7, 11) is 0. The molecule has 1 aromatic carbocycles. The van der Waals surface area contributed by atoms with Crippen molar-refractivity contribution in [2.45, 2.75) is 19.4 Å². The maximum atomic E-state index is 12.7. The molecule has 1 amide bonds. The molecule has 0 fully saturated rings. The minimum absolute atomic E-state index is 0.155. The van der Waals surface area contributed by atoms with Crippen molar-refractivity contribution in [3.63, 3.8) is 0 Å². The van der Waals surface area contributed by atoms with E-state index in [1.807, 2.05) is 0 Å². The number of carboxylic acids is 1. The Morgan fingerprint density at radius 3 is 2.39 bits per heavy atom. The molecule has 0 aromatic heterocycles. The first-order chi connectivity index (χ1) is 8.40. The zero-order valence-electron chi connectivity index (χ0n) is 9.94. The molecular formula is C13H14FNO3. The number of aliphatic carboxylic acids is 1. The van der Waals surface area contributed by atoms with Crippen LogP contribution in [0.2, 0.25) is 0 Å². The second kappa shape index (κ2) is 5.95. The summed E-state index contributed by atoms with van der Waals surface area (Å²) in [5, 5.41) is 11.3. The van der Waals surface area contributed by atoms with E-state index >= 15 is 0 Å². The molecule has 0 aliphatic carbocycles. The van der Waals surface area contributed by atoms with Crippen LogP contribution in [-0.4, -0.2) is 23.0 Å². The normalized spacial score (nSPS) is 11.7. The Balaban J connectivity index is 2.75. The quantitative estimate of drug-likeness (QED) is 0.786. The summed E-state index contributed by atoms with van der Waals surface area (Å²) < 4.78 is 12.7. The molecule has 0 spiro atoms. The van der Waals surface area contributed by atoms with Gasteiger partial charge in [-0.05, 0) is 37.6 Å². The number of carbonyl (C=O) groups is 2. The lowest BCUT2D eigenvalue weighted by molar-refractivity contribution is -0.139. The molecule has 0 saturated carbocycles. The Morgan fingerprint density at radius 2 is 1.94 bits per heavy atom. The predicted molar refractivity (Wildman–Crippen MR) is 64.7 cm³/mol. The zero-order chi connectivity index (χ0) is 13.7. The van der Waals surface area contributed by atoms with Crippen LogP contribution in [0.1, 0.15) is 23.7 Å². The molecule has 0 heterocycles. The van der Waals surface area contributed by atoms with Crippen LogP contribution in [0, 0.1) is 5.82 Å². The fraction of sp³-hybridized carbons (Fsp3) is 0.231. The first kappa shape index (κ1) is 13.9. The Labute approximate surface area is 104 Å². The molecule has 0 bridgehead atoms. The maximum absolute atomic E-state index is 12.7. The number of nitrogens with one attached hydrogen (secondary N) is 1. The van der Waals surface area contributed by atoms with Gasteiger partial charge in [0.1, 0.15) is 11.9 Å². The van der Waals surface area contributed by atoms with E-state index in [-0.39, 0.29) is 12.0 Å². The summed E-state index contributed by atoms with van der Waals surface area (Å²) in [6, 6.07) is 3.85. The van der Waals surface area contributed by atoms with Gasteiger partial charge in [-0.2, -0.15) is 0 Å². The van der Waals surface area contributed by atoms with Crippen LogP contribution in [0.25, 0.3) is 0 Å². The minimum atomic E-state index is -1.13. The van der Waals surface area contributed by atoms with Crippen molar-refractivity contribution in [2.75, 3.05) is 0 Å².